The zero-order valence-corrected chi connectivity index (χ0v) is 12.4. The summed E-state index contributed by atoms with van der Waals surface area (Å²) in [7, 11) is -3.26. The van der Waals surface area contributed by atoms with Gasteiger partial charge < -0.3 is 5.32 Å². The smallest absolute Gasteiger partial charge is 0.279 e. The van der Waals surface area contributed by atoms with Crippen LogP contribution in [0.15, 0.2) is 0 Å². The Balaban J connectivity index is 2.43. The molecular formula is C12H27N3O2S. The van der Waals surface area contributed by atoms with E-state index >= 15 is 0 Å². The first-order valence-corrected chi connectivity index (χ1v) is 8.49. The summed E-state index contributed by atoms with van der Waals surface area (Å²) in [5, 5.41) is 3.30. The molecule has 18 heavy (non-hydrogen) atoms. The number of nitrogens with zero attached hydrogens (tertiary/aromatic N) is 1. The van der Waals surface area contributed by atoms with Crippen LogP contribution in [0.1, 0.15) is 39.5 Å². The summed E-state index contributed by atoms with van der Waals surface area (Å²) in [6, 6.07) is 0. The molecule has 0 spiro atoms. The normalized spacial score (nSPS) is 22.2. The van der Waals surface area contributed by atoms with Crippen molar-refractivity contribution in [2.75, 3.05) is 32.7 Å². The van der Waals surface area contributed by atoms with Gasteiger partial charge in [-0.2, -0.15) is 12.7 Å². The second-order valence-corrected chi connectivity index (χ2v) is 6.68. The van der Waals surface area contributed by atoms with Crippen LogP contribution in [0, 0.1) is 5.92 Å². The van der Waals surface area contributed by atoms with Gasteiger partial charge in [0.1, 0.15) is 0 Å². The predicted molar refractivity (Wildman–Crippen MR) is 74.7 cm³/mol. The molecule has 0 aromatic heterocycles. The van der Waals surface area contributed by atoms with Gasteiger partial charge in [0.2, 0.25) is 0 Å². The molecule has 5 nitrogen and oxygen atoms in total. The van der Waals surface area contributed by atoms with Gasteiger partial charge in [0, 0.05) is 19.6 Å². The van der Waals surface area contributed by atoms with E-state index in [0.717, 1.165) is 38.8 Å². The van der Waals surface area contributed by atoms with E-state index < -0.39 is 10.2 Å². The van der Waals surface area contributed by atoms with Crippen LogP contribution in [-0.4, -0.2) is 45.4 Å². The second kappa shape index (κ2) is 8.09. The Labute approximate surface area is 112 Å². The Morgan fingerprint density at radius 2 is 2.11 bits per heavy atom. The lowest BCUT2D eigenvalue weighted by atomic mass is 10.00. The maximum atomic E-state index is 12.1. The molecule has 2 N–H and O–H groups in total. The van der Waals surface area contributed by atoms with Crippen LogP contribution in [0.3, 0.4) is 0 Å². The average molecular weight is 277 g/mol. The maximum absolute atomic E-state index is 12.1. The third-order valence-electron chi connectivity index (χ3n) is 3.32. The number of hydrogen-bond donors (Lipinski definition) is 2. The first kappa shape index (κ1) is 15.9. The van der Waals surface area contributed by atoms with Crippen molar-refractivity contribution in [3.05, 3.63) is 0 Å². The van der Waals surface area contributed by atoms with Gasteiger partial charge in [-0.25, -0.2) is 4.72 Å². The molecule has 1 saturated heterocycles. The minimum absolute atomic E-state index is 0.446. The van der Waals surface area contributed by atoms with Crippen LogP contribution in [-0.2, 0) is 10.2 Å². The van der Waals surface area contributed by atoms with Gasteiger partial charge in [0.25, 0.3) is 10.2 Å². The lowest BCUT2D eigenvalue weighted by Crippen LogP contribution is -2.47. The van der Waals surface area contributed by atoms with E-state index in [4.69, 9.17) is 0 Å². The maximum Gasteiger partial charge on any atom is 0.279 e. The molecule has 1 unspecified atom stereocenters. The quantitative estimate of drug-likeness (QED) is 0.649. The molecular weight excluding hydrogens is 250 g/mol. The van der Waals surface area contributed by atoms with Crippen LogP contribution >= 0.6 is 0 Å². The molecule has 0 saturated carbocycles. The fourth-order valence-electron chi connectivity index (χ4n) is 2.23. The van der Waals surface area contributed by atoms with Gasteiger partial charge in [-0.15, -0.1) is 0 Å². The van der Waals surface area contributed by atoms with Crippen LogP contribution < -0.4 is 10.0 Å². The molecule has 0 aromatic carbocycles. The van der Waals surface area contributed by atoms with Gasteiger partial charge in [0.05, 0.1) is 0 Å². The lowest BCUT2D eigenvalue weighted by Gasteiger charge is -2.32. The van der Waals surface area contributed by atoms with Crippen LogP contribution in [0.2, 0.25) is 0 Å². The lowest BCUT2D eigenvalue weighted by molar-refractivity contribution is 0.258. The fourth-order valence-corrected chi connectivity index (χ4v) is 3.59. The number of rotatable bonds is 8. The first-order valence-electron chi connectivity index (χ1n) is 7.05. The summed E-state index contributed by atoms with van der Waals surface area (Å²) < 4.78 is 28.4. The highest BCUT2D eigenvalue weighted by Gasteiger charge is 2.27. The van der Waals surface area contributed by atoms with Crippen molar-refractivity contribution >= 4 is 10.2 Å². The van der Waals surface area contributed by atoms with Gasteiger partial charge >= 0.3 is 0 Å². The summed E-state index contributed by atoms with van der Waals surface area (Å²) in [4.78, 5) is 0. The van der Waals surface area contributed by atoms with E-state index in [9.17, 15) is 8.42 Å². The van der Waals surface area contributed by atoms with Crippen molar-refractivity contribution in [2.45, 2.75) is 39.5 Å². The summed E-state index contributed by atoms with van der Waals surface area (Å²) in [5.41, 5.74) is 0. The Morgan fingerprint density at radius 1 is 1.33 bits per heavy atom. The number of piperidine rings is 1. The van der Waals surface area contributed by atoms with Crippen molar-refractivity contribution in [1.82, 2.24) is 14.3 Å². The predicted octanol–water partition coefficient (Wildman–Crippen LogP) is 0.942. The van der Waals surface area contributed by atoms with Crippen LogP contribution in [0.25, 0.3) is 0 Å². The minimum Gasteiger partial charge on any atom is -0.317 e. The molecule has 1 heterocycles. The Morgan fingerprint density at radius 3 is 2.78 bits per heavy atom. The third-order valence-corrected chi connectivity index (χ3v) is 4.90. The highest BCUT2D eigenvalue weighted by molar-refractivity contribution is 7.87. The van der Waals surface area contributed by atoms with E-state index in [-0.39, 0.29) is 0 Å². The number of nitrogens with one attached hydrogen (secondary N) is 2. The molecule has 108 valence electrons. The van der Waals surface area contributed by atoms with E-state index in [0.29, 0.717) is 25.6 Å². The van der Waals surface area contributed by atoms with E-state index in [1.807, 2.05) is 0 Å². The molecule has 6 heteroatoms. The van der Waals surface area contributed by atoms with E-state index in [2.05, 4.69) is 23.9 Å². The topological polar surface area (TPSA) is 61.4 Å². The molecule has 0 radical (unpaired) electrons. The second-order valence-electron chi connectivity index (χ2n) is 4.93. The van der Waals surface area contributed by atoms with Gasteiger partial charge in [0.15, 0.2) is 0 Å². The van der Waals surface area contributed by atoms with Gasteiger partial charge in [-0.3, -0.25) is 0 Å². The SMILES string of the molecule is CCCCNS(=O)(=O)N1CCCC(CNCC)C1. The van der Waals surface area contributed by atoms with Crippen molar-refractivity contribution in [3.8, 4) is 0 Å². The van der Waals surface area contributed by atoms with Gasteiger partial charge in [-0.1, -0.05) is 20.3 Å². The standard InChI is InChI=1S/C12H27N3O2S/c1-3-5-8-14-18(16,17)15-9-6-7-12(11-15)10-13-4-2/h12-14H,3-11H2,1-2H3. The van der Waals surface area contributed by atoms with Crippen LogP contribution in [0.5, 0.6) is 0 Å². The molecule has 0 aliphatic carbocycles. The zero-order valence-electron chi connectivity index (χ0n) is 11.6. The number of unbranched alkanes of at least 4 members (excludes halogenated alkanes) is 1. The van der Waals surface area contributed by atoms with Crippen molar-refractivity contribution < 1.29 is 8.42 Å². The highest BCUT2D eigenvalue weighted by atomic mass is 32.2. The fraction of sp³-hybridized carbons (Fsp3) is 1.00. The summed E-state index contributed by atoms with van der Waals surface area (Å²) in [6.07, 6.45) is 3.98. The van der Waals surface area contributed by atoms with Crippen molar-refractivity contribution in [2.24, 2.45) is 5.92 Å². The Bertz CT molecular complexity index is 319. The first-order chi connectivity index (χ1) is 8.60. The Kier molecular flexibility index (Phi) is 7.14. The molecule has 1 aliphatic rings. The zero-order chi connectivity index (χ0) is 13.4. The molecule has 1 rings (SSSR count). The molecule has 0 bridgehead atoms. The molecule has 1 atom stereocenters. The van der Waals surface area contributed by atoms with Crippen molar-refractivity contribution in [3.63, 3.8) is 0 Å². The third kappa shape index (κ3) is 5.22. The summed E-state index contributed by atoms with van der Waals surface area (Å²) in [6.45, 7) is 7.84. The van der Waals surface area contributed by atoms with Crippen LogP contribution in [0.4, 0.5) is 0 Å². The highest BCUT2D eigenvalue weighted by Crippen LogP contribution is 2.17. The van der Waals surface area contributed by atoms with Crippen molar-refractivity contribution in [1.29, 1.82) is 0 Å². The van der Waals surface area contributed by atoms with Gasteiger partial charge in [-0.05, 0) is 38.3 Å². The summed E-state index contributed by atoms with van der Waals surface area (Å²) in [5.74, 6) is 0.446. The largest absolute Gasteiger partial charge is 0.317 e. The van der Waals surface area contributed by atoms with E-state index in [1.165, 1.54) is 0 Å². The molecule has 1 fully saturated rings. The minimum atomic E-state index is -3.26. The monoisotopic (exact) mass is 277 g/mol. The molecule has 1 aliphatic heterocycles. The summed E-state index contributed by atoms with van der Waals surface area (Å²) >= 11 is 0. The molecule has 0 amide bonds. The molecule has 0 aromatic rings. The Hall–Kier alpha value is -0.170. The average Bonchev–Trinajstić information content (AvgIpc) is 2.37. The van der Waals surface area contributed by atoms with E-state index in [1.54, 1.807) is 4.31 Å². The number of hydrogen-bond acceptors (Lipinski definition) is 3.